The van der Waals surface area contributed by atoms with E-state index in [1.54, 1.807) is 0 Å². The van der Waals surface area contributed by atoms with Crippen molar-refractivity contribution in [2.24, 2.45) is 5.73 Å². The summed E-state index contributed by atoms with van der Waals surface area (Å²) < 4.78 is 32.6. The van der Waals surface area contributed by atoms with Crippen molar-refractivity contribution in [3.63, 3.8) is 0 Å². The van der Waals surface area contributed by atoms with E-state index in [1.807, 2.05) is 0 Å². The van der Waals surface area contributed by atoms with E-state index in [-0.39, 0.29) is 38.6 Å². The van der Waals surface area contributed by atoms with Crippen molar-refractivity contribution >= 4 is 19.8 Å². The van der Waals surface area contributed by atoms with Crippen molar-refractivity contribution in [2.45, 2.75) is 187 Å². The quantitative estimate of drug-likeness (QED) is 0.0279. The molecule has 0 aromatic carbocycles. The highest BCUT2D eigenvalue weighted by molar-refractivity contribution is 7.47. The SMILES string of the molecule is CCCCC/C=C\C/C=C\CCCCCCCCCCCC(=O)OC(COC(=O)CCCCCCCCCCC)COP(=O)(O)OCCN. The summed E-state index contributed by atoms with van der Waals surface area (Å²) in [4.78, 5) is 34.7. The van der Waals surface area contributed by atoms with Gasteiger partial charge in [-0.05, 0) is 44.9 Å². The van der Waals surface area contributed by atoms with Gasteiger partial charge in [0.05, 0.1) is 13.2 Å². The van der Waals surface area contributed by atoms with E-state index in [1.165, 1.54) is 96.3 Å². The molecule has 10 heteroatoms. The van der Waals surface area contributed by atoms with Gasteiger partial charge in [-0.25, -0.2) is 4.57 Å². The van der Waals surface area contributed by atoms with Crippen LogP contribution in [0.2, 0.25) is 0 Å². The summed E-state index contributed by atoms with van der Waals surface area (Å²) in [5.74, 6) is -0.833. The van der Waals surface area contributed by atoms with Crippen molar-refractivity contribution in [1.29, 1.82) is 0 Å². The lowest BCUT2D eigenvalue weighted by Gasteiger charge is -2.19. The molecule has 9 nitrogen and oxygen atoms in total. The number of carbonyl (C=O) groups excluding carboxylic acids is 2. The Labute approximate surface area is 300 Å². The maximum atomic E-state index is 12.5. The Hall–Kier alpha value is -1.51. The molecule has 3 N–H and O–H groups in total. The molecular weight excluding hydrogens is 641 g/mol. The van der Waals surface area contributed by atoms with Crippen molar-refractivity contribution < 1.29 is 37.6 Å². The van der Waals surface area contributed by atoms with Crippen LogP contribution < -0.4 is 5.73 Å². The smallest absolute Gasteiger partial charge is 0.462 e. The highest BCUT2D eigenvalue weighted by atomic mass is 31.2. The van der Waals surface area contributed by atoms with Crippen LogP contribution in [-0.2, 0) is 32.7 Å². The Kier molecular flexibility index (Phi) is 35.2. The van der Waals surface area contributed by atoms with Crippen molar-refractivity contribution in [3.8, 4) is 0 Å². The summed E-state index contributed by atoms with van der Waals surface area (Å²) in [6.45, 7) is 3.68. The van der Waals surface area contributed by atoms with Gasteiger partial charge in [0.1, 0.15) is 6.61 Å². The fourth-order valence-electron chi connectivity index (χ4n) is 5.37. The van der Waals surface area contributed by atoms with Gasteiger partial charge in [0.15, 0.2) is 6.10 Å². The molecule has 0 spiro atoms. The van der Waals surface area contributed by atoms with Gasteiger partial charge in [0.25, 0.3) is 0 Å². The van der Waals surface area contributed by atoms with E-state index < -0.39 is 26.5 Å². The van der Waals surface area contributed by atoms with E-state index in [0.29, 0.717) is 6.42 Å². The number of allylic oxidation sites excluding steroid dienone is 4. The Bertz CT molecular complexity index is 866. The third kappa shape index (κ3) is 36.1. The minimum absolute atomic E-state index is 0.0539. The molecule has 2 unspecified atom stereocenters. The minimum atomic E-state index is -4.37. The molecule has 288 valence electrons. The summed E-state index contributed by atoms with van der Waals surface area (Å²) in [5, 5.41) is 0. The van der Waals surface area contributed by atoms with Crippen molar-refractivity contribution in [3.05, 3.63) is 24.3 Å². The van der Waals surface area contributed by atoms with E-state index in [4.69, 9.17) is 24.3 Å². The van der Waals surface area contributed by atoms with Crippen LogP contribution in [0.25, 0.3) is 0 Å². The average molecular weight is 716 g/mol. The molecule has 0 aromatic heterocycles. The van der Waals surface area contributed by atoms with E-state index in [2.05, 4.69) is 38.2 Å². The Morgan fingerprint density at radius 3 is 1.59 bits per heavy atom. The van der Waals surface area contributed by atoms with Crippen LogP contribution in [0.1, 0.15) is 181 Å². The third-order valence-electron chi connectivity index (χ3n) is 8.34. The maximum Gasteiger partial charge on any atom is 0.472 e. The Morgan fingerprint density at radius 1 is 0.612 bits per heavy atom. The molecule has 0 aliphatic heterocycles. The van der Waals surface area contributed by atoms with E-state index >= 15 is 0 Å². The zero-order valence-electron chi connectivity index (χ0n) is 31.4. The van der Waals surface area contributed by atoms with Crippen molar-refractivity contribution in [2.75, 3.05) is 26.4 Å². The molecule has 0 aliphatic carbocycles. The highest BCUT2D eigenvalue weighted by Crippen LogP contribution is 2.43. The van der Waals surface area contributed by atoms with Gasteiger partial charge >= 0.3 is 19.8 Å². The molecule has 0 rings (SSSR count). The van der Waals surface area contributed by atoms with Crippen LogP contribution in [0.15, 0.2) is 24.3 Å². The lowest BCUT2D eigenvalue weighted by molar-refractivity contribution is -0.161. The number of phosphoric acid groups is 1. The molecule has 0 bridgehead atoms. The fraction of sp³-hybridized carbons (Fsp3) is 0.846. The standard InChI is InChI=1S/C39H74NO8P/c1-3-5-7-9-11-13-14-15-16-17-18-19-20-21-22-24-26-28-30-32-39(42)48-37(36-47-49(43,44)46-34-33-40)35-45-38(41)31-29-27-25-23-12-10-8-6-4-2/h11,13,15-16,37H,3-10,12,14,17-36,40H2,1-2H3,(H,43,44)/b13-11-,16-15-. The van der Waals surface area contributed by atoms with Gasteiger partial charge in [-0.3, -0.25) is 18.6 Å². The maximum absolute atomic E-state index is 12.5. The first kappa shape index (κ1) is 47.5. The lowest BCUT2D eigenvalue weighted by Crippen LogP contribution is -2.29. The van der Waals surface area contributed by atoms with E-state index in [9.17, 15) is 19.0 Å². The van der Waals surface area contributed by atoms with Crippen LogP contribution in [0.5, 0.6) is 0 Å². The summed E-state index contributed by atoms with van der Waals surface area (Å²) in [5.41, 5.74) is 5.33. The number of ether oxygens (including phenoxy) is 2. The second kappa shape index (κ2) is 36.3. The predicted molar refractivity (Wildman–Crippen MR) is 201 cm³/mol. The van der Waals surface area contributed by atoms with Gasteiger partial charge in [-0.2, -0.15) is 0 Å². The molecule has 0 saturated heterocycles. The number of carbonyl (C=O) groups is 2. The number of nitrogens with two attached hydrogens (primary N) is 1. The first-order valence-corrected chi connectivity index (χ1v) is 21.3. The van der Waals surface area contributed by atoms with E-state index in [0.717, 1.165) is 51.4 Å². The van der Waals surface area contributed by atoms with Crippen LogP contribution in [0.3, 0.4) is 0 Å². The number of esters is 2. The lowest BCUT2D eigenvalue weighted by atomic mass is 10.1. The third-order valence-corrected chi connectivity index (χ3v) is 9.32. The first-order valence-electron chi connectivity index (χ1n) is 19.8. The Morgan fingerprint density at radius 2 is 1.06 bits per heavy atom. The number of phosphoric ester groups is 1. The second-order valence-corrected chi connectivity index (χ2v) is 14.6. The zero-order valence-corrected chi connectivity index (χ0v) is 32.3. The highest BCUT2D eigenvalue weighted by Gasteiger charge is 2.25. The monoisotopic (exact) mass is 716 g/mol. The van der Waals surface area contributed by atoms with Crippen LogP contribution in [0, 0.1) is 0 Å². The molecule has 2 atom stereocenters. The van der Waals surface area contributed by atoms with Crippen molar-refractivity contribution in [1.82, 2.24) is 0 Å². The molecule has 0 saturated carbocycles. The fourth-order valence-corrected chi connectivity index (χ4v) is 6.13. The van der Waals surface area contributed by atoms with Gasteiger partial charge in [0.2, 0.25) is 0 Å². The molecule has 0 aliphatic rings. The molecule has 0 amide bonds. The number of hydrogen-bond donors (Lipinski definition) is 2. The molecule has 0 fully saturated rings. The molecule has 0 heterocycles. The van der Waals surface area contributed by atoms with Gasteiger partial charge in [0, 0.05) is 19.4 Å². The van der Waals surface area contributed by atoms with Crippen LogP contribution in [-0.4, -0.2) is 49.3 Å². The molecule has 0 radical (unpaired) electrons. The summed E-state index contributed by atoms with van der Waals surface area (Å²) in [7, 11) is -4.37. The first-order chi connectivity index (χ1) is 23.8. The number of unbranched alkanes of at least 4 members (excludes halogenated alkanes) is 20. The predicted octanol–water partition coefficient (Wildman–Crippen LogP) is 10.8. The van der Waals surface area contributed by atoms with Gasteiger partial charge < -0.3 is 20.1 Å². The minimum Gasteiger partial charge on any atom is -0.462 e. The average Bonchev–Trinajstić information content (AvgIpc) is 3.08. The number of hydrogen-bond acceptors (Lipinski definition) is 8. The summed E-state index contributed by atoms with van der Waals surface area (Å²) >= 11 is 0. The molecule has 49 heavy (non-hydrogen) atoms. The summed E-state index contributed by atoms with van der Waals surface area (Å²) in [6.07, 6.45) is 36.4. The normalized spacial score (nSPS) is 13.6. The zero-order chi connectivity index (χ0) is 36.1. The van der Waals surface area contributed by atoms with Gasteiger partial charge in [-0.15, -0.1) is 0 Å². The topological polar surface area (TPSA) is 134 Å². The van der Waals surface area contributed by atoms with Crippen LogP contribution in [0.4, 0.5) is 0 Å². The largest absolute Gasteiger partial charge is 0.472 e. The Balaban J connectivity index is 4.13. The molecule has 0 aromatic rings. The number of rotatable bonds is 37. The summed E-state index contributed by atoms with van der Waals surface area (Å²) in [6, 6.07) is 0. The van der Waals surface area contributed by atoms with Crippen LogP contribution >= 0.6 is 7.82 Å². The van der Waals surface area contributed by atoms with Gasteiger partial charge in [-0.1, -0.05) is 147 Å². The molecular formula is C39H74NO8P. The second-order valence-electron chi connectivity index (χ2n) is 13.2.